The molecule has 1 unspecified atom stereocenters. The summed E-state index contributed by atoms with van der Waals surface area (Å²) in [5, 5.41) is 11.8. The van der Waals surface area contributed by atoms with E-state index in [0.717, 1.165) is 4.90 Å². The van der Waals surface area contributed by atoms with Gasteiger partial charge in [-0.05, 0) is 24.3 Å². The van der Waals surface area contributed by atoms with Crippen LogP contribution >= 0.6 is 31.2 Å². The molecule has 11 nitrogen and oxygen atoms in total. The molecule has 2 fully saturated rings. The predicted molar refractivity (Wildman–Crippen MR) is 104 cm³/mol. The minimum absolute atomic E-state index is 0. The van der Waals surface area contributed by atoms with Crippen LogP contribution in [0.2, 0.25) is 5.02 Å². The third-order valence-electron chi connectivity index (χ3n) is 4.71. The number of benzene rings is 1. The van der Waals surface area contributed by atoms with E-state index in [-0.39, 0.29) is 42.0 Å². The average Bonchev–Trinajstić information content (AvgIpc) is 3.21. The normalized spacial score (nSPS) is 30.2. The van der Waals surface area contributed by atoms with E-state index in [1.54, 1.807) is 16.7 Å². The molecule has 0 saturated carbocycles. The van der Waals surface area contributed by atoms with E-state index in [4.69, 9.17) is 31.1 Å². The summed E-state index contributed by atoms with van der Waals surface area (Å²) in [5.74, 6) is 0.158. The number of imidazole rings is 1. The Kier molecular flexibility index (Phi) is 6.70. The number of phosphoric ester groups is 1. The number of ether oxygens (including phenoxy) is 1. The molecule has 2 aliphatic heterocycles. The first-order valence-corrected chi connectivity index (χ1v) is 11.4. The van der Waals surface area contributed by atoms with Gasteiger partial charge in [-0.2, -0.15) is 0 Å². The van der Waals surface area contributed by atoms with Crippen LogP contribution < -0.4 is 40.2 Å². The molecule has 158 valence electrons. The summed E-state index contributed by atoms with van der Waals surface area (Å²) < 4.78 is 28.7. The van der Waals surface area contributed by atoms with Crippen LogP contribution in [-0.2, 0) is 18.3 Å². The molecule has 2 aromatic heterocycles. The second-order valence-corrected chi connectivity index (χ2v) is 9.46. The number of aromatic nitrogens is 4. The maximum atomic E-state index is 11.7. The number of nitrogen functional groups attached to an aromatic ring is 1. The zero-order valence-corrected chi connectivity index (χ0v) is 20.5. The number of anilines is 1. The Labute approximate surface area is 207 Å². The molecule has 0 radical (unpaired) electrons. The van der Waals surface area contributed by atoms with Crippen molar-refractivity contribution in [3.8, 4) is 0 Å². The summed E-state index contributed by atoms with van der Waals surface area (Å²) in [7, 11) is -4.50. The van der Waals surface area contributed by atoms with E-state index in [1.807, 2.05) is 12.1 Å². The van der Waals surface area contributed by atoms with Crippen LogP contribution in [0.4, 0.5) is 5.82 Å². The number of phosphoric acid groups is 1. The number of rotatable bonds is 3. The van der Waals surface area contributed by atoms with Gasteiger partial charge in [-0.3, -0.25) is 9.13 Å². The molecule has 2 aliphatic rings. The molecule has 1 aromatic carbocycles. The van der Waals surface area contributed by atoms with Gasteiger partial charge in [0.2, 0.25) is 0 Å². The van der Waals surface area contributed by atoms with Gasteiger partial charge in [0.05, 0.1) is 6.61 Å². The Hall–Kier alpha value is -0.760. The minimum Gasteiger partial charge on any atom is -0.756 e. The molecule has 0 aliphatic carbocycles. The molecule has 5 rings (SSSR count). The van der Waals surface area contributed by atoms with Crippen molar-refractivity contribution in [2.24, 2.45) is 0 Å². The number of halogens is 1. The predicted octanol–water partition coefficient (Wildman–Crippen LogP) is -1.64. The first-order chi connectivity index (χ1) is 14.3. The van der Waals surface area contributed by atoms with Crippen LogP contribution in [0.1, 0.15) is 6.23 Å². The Bertz CT molecular complexity index is 1170. The first kappa shape index (κ1) is 23.4. The topological polar surface area (TPSA) is 158 Å². The monoisotopic (exact) mass is 493 g/mol. The van der Waals surface area contributed by atoms with Gasteiger partial charge in [-0.1, -0.05) is 23.4 Å². The summed E-state index contributed by atoms with van der Waals surface area (Å²) in [6.07, 6.45) is -2.98. The van der Waals surface area contributed by atoms with E-state index >= 15 is 0 Å². The number of nitrogens with zero attached hydrogens (tertiary/aromatic N) is 4. The van der Waals surface area contributed by atoms with Gasteiger partial charge in [0.15, 0.2) is 28.4 Å². The summed E-state index contributed by atoms with van der Waals surface area (Å²) in [6, 6.07) is 7.08. The van der Waals surface area contributed by atoms with Crippen molar-refractivity contribution in [1.29, 1.82) is 0 Å². The molecule has 0 amide bonds. The Morgan fingerprint density at radius 3 is 2.81 bits per heavy atom. The van der Waals surface area contributed by atoms with Crippen LogP contribution in [0, 0.1) is 0 Å². The Balaban J connectivity index is 0.00000231. The summed E-state index contributed by atoms with van der Waals surface area (Å²) in [6.45, 7) is -0.261. The van der Waals surface area contributed by atoms with Crippen LogP contribution in [0.25, 0.3) is 11.2 Å². The van der Waals surface area contributed by atoms with Crippen molar-refractivity contribution in [1.82, 2.24) is 19.5 Å². The maximum Gasteiger partial charge on any atom is 1.00 e. The van der Waals surface area contributed by atoms with Crippen LogP contribution in [-0.4, -0.2) is 49.5 Å². The van der Waals surface area contributed by atoms with E-state index in [0.29, 0.717) is 21.3 Å². The third-order valence-corrected chi connectivity index (χ3v) is 6.90. The second-order valence-electron chi connectivity index (χ2n) is 6.62. The van der Waals surface area contributed by atoms with Crippen molar-refractivity contribution >= 4 is 48.2 Å². The van der Waals surface area contributed by atoms with Crippen LogP contribution in [0.15, 0.2) is 40.6 Å². The number of hydrogen-bond acceptors (Lipinski definition) is 11. The summed E-state index contributed by atoms with van der Waals surface area (Å²) >= 11 is 7.22. The quantitative estimate of drug-likeness (QED) is 0.318. The molecule has 3 aromatic rings. The molecule has 3 N–H and O–H groups in total. The number of fused-ring (bicyclic) bond motifs is 2. The standard InChI is InChI=1S/C16H15ClN5O6PS.Na/c17-7-1-3-8(4-2-7)30-16-21-10-13(18)19-6-20-14(10)22(16)15-11(23)12-9(27-15)5-26-29(24,25)28-12;/h1-4,6,9,11-12,15,23H,5H2,(H,24,25)(H2,18,19,20);/q;+1/p-1/t9-,11+,12-,15+;/m1./s1. The smallest absolute Gasteiger partial charge is 0.756 e. The molecule has 2 saturated heterocycles. The van der Waals surface area contributed by atoms with Crippen molar-refractivity contribution in [2.45, 2.75) is 34.6 Å². The van der Waals surface area contributed by atoms with Gasteiger partial charge in [-0.15, -0.1) is 0 Å². The minimum atomic E-state index is -4.50. The molecule has 5 atom stereocenters. The Morgan fingerprint density at radius 2 is 2.06 bits per heavy atom. The molecule has 0 spiro atoms. The zero-order chi connectivity index (χ0) is 21.0. The molecule has 4 heterocycles. The molecular weight excluding hydrogens is 480 g/mol. The van der Waals surface area contributed by atoms with Gasteiger partial charge >= 0.3 is 29.6 Å². The SMILES string of the molecule is Nc1ncnc2c1nc(Sc1ccc(Cl)cc1)n2[C@H]1O[C@@H]2COP(=O)([O-])O[C@H]2[C@@H]1O.[Na+]. The zero-order valence-electron chi connectivity index (χ0n) is 16.0. The van der Waals surface area contributed by atoms with Crippen LogP contribution in [0.5, 0.6) is 0 Å². The van der Waals surface area contributed by atoms with E-state index in [9.17, 15) is 14.6 Å². The van der Waals surface area contributed by atoms with Crippen molar-refractivity contribution in [2.75, 3.05) is 12.3 Å². The fourth-order valence-corrected chi connectivity index (χ4v) is 5.34. The van der Waals surface area contributed by atoms with Gasteiger partial charge in [0.25, 0.3) is 7.82 Å². The fourth-order valence-electron chi connectivity index (χ4n) is 3.36. The Morgan fingerprint density at radius 1 is 1.32 bits per heavy atom. The fraction of sp³-hybridized carbons (Fsp3) is 0.312. The van der Waals surface area contributed by atoms with E-state index in [2.05, 4.69) is 15.0 Å². The van der Waals surface area contributed by atoms with Gasteiger partial charge in [0, 0.05) is 9.92 Å². The number of aliphatic hydroxyl groups excluding tert-OH is 1. The molecule has 31 heavy (non-hydrogen) atoms. The number of aliphatic hydroxyl groups is 1. The second kappa shape index (κ2) is 8.88. The third kappa shape index (κ3) is 4.40. The maximum absolute atomic E-state index is 11.7. The molecule has 15 heteroatoms. The number of hydrogen-bond donors (Lipinski definition) is 2. The molecular formula is C16H14ClN5NaO6PS. The number of nitrogens with two attached hydrogens (primary N) is 1. The summed E-state index contributed by atoms with van der Waals surface area (Å²) in [5.41, 5.74) is 6.61. The molecule has 0 bridgehead atoms. The van der Waals surface area contributed by atoms with E-state index in [1.165, 1.54) is 18.1 Å². The van der Waals surface area contributed by atoms with Gasteiger partial charge < -0.3 is 29.5 Å². The van der Waals surface area contributed by atoms with Crippen molar-refractivity contribution in [3.63, 3.8) is 0 Å². The first-order valence-electron chi connectivity index (χ1n) is 8.72. The largest absolute Gasteiger partial charge is 1.00 e. The van der Waals surface area contributed by atoms with Gasteiger partial charge in [-0.25, -0.2) is 15.0 Å². The van der Waals surface area contributed by atoms with Crippen LogP contribution in [0.3, 0.4) is 0 Å². The average molecular weight is 494 g/mol. The van der Waals surface area contributed by atoms with Crippen molar-refractivity contribution in [3.05, 3.63) is 35.6 Å². The van der Waals surface area contributed by atoms with E-state index < -0.39 is 32.4 Å². The van der Waals surface area contributed by atoms with Gasteiger partial charge in [0.1, 0.15) is 24.6 Å². The van der Waals surface area contributed by atoms with Crippen molar-refractivity contribution < 1.29 is 57.9 Å². The summed E-state index contributed by atoms with van der Waals surface area (Å²) in [4.78, 5) is 25.2.